The molecular weight excluding hydrogens is 496 g/mol. The molecule has 1 aromatic heterocycles. The molecule has 2 aliphatic carbocycles. The summed E-state index contributed by atoms with van der Waals surface area (Å²) in [6, 6.07) is 12.4. The molecule has 3 aromatic rings. The van der Waals surface area contributed by atoms with Crippen LogP contribution in [0.3, 0.4) is 0 Å². The zero-order valence-electron chi connectivity index (χ0n) is 20.1. The zero-order valence-corrected chi connectivity index (χ0v) is 20.9. The molecule has 0 amide bonds. The minimum absolute atomic E-state index is 0.0471. The summed E-state index contributed by atoms with van der Waals surface area (Å²) in [5.74, 6) is -0.797. The second-order valence-electron chi connectivity index (χ2n) is 9.62. The molecule has 1 saturated carbocycles. The van der Waals surface area contributed by atoms with Crippen LogP contribution in [0.5, 0.6) is 5.75 Å². The fourth-order valence-corrected chi connectivity index (χ4v) is 6.13. The molecule has 0 radical (unpaired) electrons. The van der Waals surface area contributed by atoms with E-state index in [9.17, 15) is 23.1 Å². The SMILES string of the molecule is O=C1CCCCCc2oc(=O)c(C(c3cccc(NS(=O)(=O)c4cccc(NO)c4)c3)C3CC3)c(O)c21. The Morgan fingerprint density at radius 3 is 2.43 bits per heavy atom. The van der Waals surface area contributed by atoms with E-state index in [1.54, 1.807) is 24.3 Å². The first-order valence-corrected chi connectivity index (χ1v) is 13.8. The molecule has 194 valence electrons. The lowest BCUT2D eigenvalue weighted by Gasteiger charge is -2.21. The van der Waals surface area contributed by atoms with Gasteiger partial charge < -0.3 is 9.52 Å². The molecule has 1 fully saturated rings. The molecule has 4 N–H and O–H groups in total. The van der Waals surface area contributed by atoms with Crippen LogP contribution < -0.4 is 15.8 Å². The number of Topliss-reactive ketones (excluding diaryl/α,β-unsaturated/α-hetero) is 1. The first-order chi connectivity index (χ1) is 17.8. The highest BCUT2D eigenvalue weighted by atomic mass is 32.2. The molecule has 9 nitrogen and oxygen atoms in total. The minimum Gasteiger partial charge on any atom is -0.506 e. The topological polar surface area (TPSA) is 146 Å². The predicted molar refractivity (Wildman–Crippen MR) is 137 cm³/mol. The predicted octanol–water partition coefficient (Wildman–Crippen LogP) is 4.79. The van der Waals surface area contributed by atoms with Crippen LogP contribution in [0.4, 0.5) is 11.4 Å². The number of aryl methyl sites for hydroxylation is 1. The molecule has 2 aromatic carbocycles. The van der Waals surface area contributed by atoms with Gasteiger partial charge >= 0.3 is 5.63 Å². The van der Waals surface area contributed by atoms with Gasteiger partial charge in [-0.2, -0.15) is 0 Å². The maximum atomic E-state index is 13.1. The average molecular weight is 525 g/mol. The van der Waals surface area contributed by atoms with Gasteiger partial charge in [0, 0.05) is 24.4 Å². The monoisotopic (exact) mass is 524 g/mol. The van der Waals surface area contributed by atoms with E-state index in [0.29, 0.717) is 12.0 Å². The number of rotatable bonds is 7. The number of fused-ring (bicyclic) bond motifs is 1. The lowest BCUT2D eigenvalue weighted by Crippen LogP contribution is -2.21. The summed E-state index contributed by atoms with van der Waals surface area (Å²) in [5.41, 5.74) is 2.55. The van der Waals surface area contributed by atoms with Crippen molar-refractivity contribution in [2.75, 3.05) is 10.2 Å². The maximum Gasteiger partial charge on any atom is 0.343 e. The van der Waals surface area contributed by atoms with Gasteiger partial charge in [-0.05, 0) is 67.5 Å². The molecule has 0 aliphatic heterocycles. The molecule has 1 atom stereocenters. The van der Waals surface area contributed by atoms with Crippen molar-refractivity contribution >= 4 is 27.2 Å². The Hall–Kier alpha value is -3.63. The second kappa shape index (κ2) is 10.0. The fraction of sp³-hybridized carbons (Fsp3) is 0.333. The van der Waals surface area contributed by atoms with Crippen LogP contribution in [0, 0.1) is 5.92 Å². The highest BCUT2D eigenvalue weighted by molar-refractivity contribution is 7.92. The Morgan fingerprint density at radius 1 is 0.946 bits per heavy atom. The molecule has 0 spiro atoms. The van der Waals surface area contributed by atoms with Gasteiger partial charge in [-0.15, -0.1) is 0 Å². The number of aromatic hydroxyl groups is 1. The number of benzene rings is 2. The first kappa shape index (κ1) is 25.0. The minimum atomic E-state index is -3.98. The van der Waals surface area contributed by atoms with E-state index in [-0.39, 0.29) is 57.0 Å². The number of hydrogen-bond acceptors (Lipinski definition) is 8. The number of carbonyl (C=O) groups is 1. The smallest absolute Gasteiger partial charge is 0.343 e. The van der Waals surface area contributed by atoms with Crippen molar-refractivity contribution in [3.05, 3.63) is 81.4 Å². The van der Waals surface area contributed by atoms with Crippen LogP contribution >= 0.6 is 0 Å². The molecule has 10 heteroatoms. The molecule has 2 aliphatic rings. The van der Waals surface area contributed by atoms with Crippen molar-refractivity contribution in [1.29, 1.82) is 0 Å². The van der Waals surface area contributed by atoms with E-state index < -0.39 is 21.6 Å². The zero-order chi connectivity index (χ0) is 26.2. The number of hydrogen-bond donors (Lipinski definition) is 4. The van der Waals surface area contributed by atoms with Gasteiger partial charge in [0.2, 0.25) is 0 Å². The van der Waals surface area contributed by atoms with E-state index >= 15 is 0 Å². The van der Waals surface area contributed by atoms with Gasteiger partial charge in [-0.1, -0.05) is 24.6 Å². The van der Waals surface area contributed by atoms with Gasteiger partial charge in [0.25, 0.3) is 10.0 Å². The first-order valence-electron chi connectivity index (χ1n) is 12.3. The van der Waals surface area contributed by atoms with Crippen LogP contribution in [-0.4, -0.2) is 24.5 Å². The van der Waals surface area contributed by atoms with E-state index in [4.69, 9.17) is 9.62 Å². The summed E-state index contributed by atoms with van der Waals surface area (Å²) >= 11 is 0. The maximum absolute atomic E-state index is 13.1. The van der Waals surface area contributed by atoms with Crippen molar-refractivity contribution in [2.45, 2.75) is 55.8 Å². The highest BCUT2D eigenvalue weighted by Crippen LogP contribution is 2.49. The largest absolute Gasteiger partial charge is 0.506 e. The molecular formula is C27H28N2O7S. The van der Waals surface area contributed by atoms with Gasteiger partial charge in [0.1, 0.15) is 11.5 Å². The summed E-state index contributed by atoms with van der Waals surface area (Å²) < 4.78 is 34.1. The normalized spacial score (nSPS) is 16.8. The van der Waals surface area contributed by atoms with Crippen LogP contribution in [-0.2, 0) is 16.4 Å². The third-order valence-corrected chi connectivity index (χ3v) is 8.35. The quantitative estimate of drug-likeness (QED) is 0.323. The van der Waals surface area contributed by atoms with Gasteiger partial charge in [-0.3, -0.25) is 20.2 Å². The van der Waals surface area contributed by atoms with Crippen LogP contribution in [0.25, 0.3) is 0 Å². The van der Waals surface area contributed by atoms with Crippen molar-refractivity contribution in [1.82, 2.24) is 0 Å². The fourth-order valence-electron chi connectivity index (χ4n) is 5.04. The van der Waals surface area contributed by atoms with Gasteiger partial charge in [-0.25, -0.2) is 13.2 Å². The number of anilines is 2. The molecule has 1 heterocycles. The summed E-state index contributed by atoms with van der Waals surface area (Å²) in [7, 11) is -3.98. The summed E-state index contributed by atoms with van der Waals surface area (Å²) in [4.78, 5) is 26.0. The Morgan fingerprint density at radius 2 is 1.68 bits per heavy atom. The van der Waals surface area contributed by atoms with E-state index in [1.165, 1.54) is 24.3 Å². The molecule has 0 saturated heterocycles. The standard InChI is InChI=1S/C27H28N2O7S/c30-21-10-2-1-3-11-22-24(21)26(31)25(27(32)36-22)23(16-12-13-16)17-6-4-8-19(14-17)29-37(34,35)20-9-5-7-18(15-20)28-33/h4-9,14-16,23,28-29,31,33H,1-3,10-13H2. The van der Waals surface area contributed by atoms with Gasteiger partial charge in [0.05, 0.1) is 21.7 Å². The van der Waals surface area contributed by atoms with E-state index in [1.807, 2.05) is 5.48 Å². The number of ketones is 1. The Labute approximate surface area is 214 Å². The van der Waals surface area contributed by atoms with Crippen molar-refractivity contribution in [3.63, 3.8) is 0 Å². The lowest BCUT2D eigenvalue weighted by molar-refractivity contribution is 0.0968. The van der Waals surface area contributed by atoms with Crippen LogP contribution in [0.15, 0.2) is 62.6 Å². The van der Waals surface area contributed by atoms with Crippen molar-refractivity contribution in [2.24, 2.45) is 5.92 Å². The molecule has 5 rings (SSSR count). The molecule has 1 unspecified atom stereocenters. The second-order valence-corrected chi connectivity index (χ2v) is 11.3. The van der Waals surface area contributed by atoms with Crippen molar-refractivity contribution < 1.29 is 27.9 Å². The molecule has 37 heavy (non-hydrogen) atoms. The van der Waals surface area contributed by atoms with Crippen LogP contribution in [0.2, 0.25) is 0 Å². The number of carbonyl (C=O) groups excluding carboxylic acids is 1. The number of nitrogens with one attached hydrogen (secondary N) is 2. The Bertz CT molecular complexity index is 1510. The van der Waals surface area contributed by atoms with E-state index in [2.05, 4.69) is 4.72 Å². The highest BCUT2D eigenvalue weighted by Gasteiger charge is 2.39. The number of sulfonamides is 1. The van der Waals surface area contributed by atoms with Gasteiger partial charge in [0.15, 0.2) is 5.78 Å². The third kappa shape index (κ3) is 5.12. The van der Waals surface area contributed by atoms with Crippen LogP contribution in [0.1, 0.15) is 71.7 Å². The van der Waals surface area contributed by atoms with Crippen molar-refractivity contribution in [3.8, 4) is 5.75 Å². The summed E-state index contributed by atoms with van der Waals surface area (Å²) in [5, 5.41) is 20.4. The average Bonchev–Trinajstić information content (AvgIpc) is 3.70. The molecule has 0 bridgehead atoms. The Kier molecular flexibility index (Phi) is 6.78. The lowest BCUT2D eigenvalue weighted by atomic mass is 9.85. The third-order valence-electron chi connectivity index (χ3n) is 6.97. The van der Waals surface area contributed by atoms with E-state index in [0.717, 1.165) is 32.1 Å². The Balaban J connectivity index is 1.54. The summed E-state index contributed by atoms with van der Waals surface area (Å²) in [6.07, 6.45) is 4.70. The summed E-state index contributed by atoms with van der Waals surface area (Å²) in [6.45, 7) is 0.